The summed E-state index contributed by atoms with van der Waals surface area (Å²) in [5.41, 5.74) is 0.294. The van der Waals surface area contributed by atoms with Crippen LogP contribution in [0.1, 0.15) is 17.4 Å². The molecule has 3 nitrogen and oxygen atoms in total. The molecule has 1 heterocycles. The van der Waals surface area contributed by atoms with E-state index < -0.39 is 5.60 Å². The normalized spacial score (nSPS) is 14.0. The number of thiophene rings is 1. The lowest BCUT2D eigenvalue weighted by Gasteiger charge is -2.29. The van der Waals surface area contributed by atoms with Gasteiger partial charge in [0.15, 0.2) is 0 Å². The summed E-state index contributed by atoms with van der Waals surface area (Å²) < 4.78 is 5.58. The molecule has 0 saturated carbocycles. The standard InChI is InChI=1S/C17H18ClNO2S/c1-17(21-2,13-5-3-6-14(18)11-13)12-19-16(20)9-8-15-7-4-10-22-15/h3-11H,12H2,1-2H3,(H,19,20)/b9-8+/t17-/m0/s1. The zero-order valence-corrected chi connectivity index (χ0v) is 14.1. The summed E-state index contributed by atoms with van der Waals surface area (Å²) in [4.78, 5) is 13.0. The quantitative estimate of drug-likeness (QED) is 0.807. The van der Waals surface area contributed by atoms with Gasteiger partial charge >= 0.3 is 0 Å². The van der Waals surface area contributed by atoms with Crippen molar-refractivity contribution < 1.29 is 9.53 Å². The van der Waals surface area contributed by atoms with Gasteiger partial charge in [0.25, 0.3) is 0 Å². The number of carbonyl (C=O) groups excluding carboxylic acids is 1. The minimum atomic E-state index is -0.628. The van der Waals surface area contributed by atoms with Crippen LogP contribution in [0, 0.1) is 0 Å². The molecule has 0 unspecified atom stereocenters. The summed E-state index contributed by atoms with van der Waals surface area (Å²) in [6.07, 6.45) is 3.32. The molecule has 2 aromatic rings. The summed E-state index contributed by atoms with van der Waals surface area (Å²) in [7, 11) is 1.62. The van der Waals surface area contributed by atoms with E-state index in [1.165, 1.54) is 6.08 Å². The number of halogens is 1. The van der Waals surface area contributed by atoms with Gasteiger partial charge in [-0.2, -0.15) is 0 Å². The summed E-state index contributed by atoms with van der Waals surface area (Å²) in [6, 6.07) is 11.4. The summed E-state index contributed by atoms with van der Waals surface area (Å²) in [6.45, 7) is 2.28. The predicted molar refractivity (Wildman–Crippen MR) is 92.2 cm³/mol. The molecule has 1 atom stereocenters. The summed E-state index contributed by atoms with van der Waals surface area (Å²) in [5.74, 6) is -0.154. The van der Waals surface area contributed by atoms with E-state index in [2.05, 4.69) is 5.32 Å². The van der Waals surface area contributed by atoms with Gasteiger partial charge < -0.3 is 10.1 Å². The first-order chi connectivity index (χ1) is 10.5. The Hall–Kier alpha value is -1.62. The minimum Gasteiger partial charge on any atom is -0.372 e. The lowest BCUT2D eigenvalue weighted by Crippen LogP contribution is -2.39. The largest absolute Gasteiger partial charge is 0.372 e. The van der Waals surface area contributed by atoms with Crippen LogP contribution in [0.2, 0.25) is 5.02 Å². The highest BCUT2D eigenvalue weighted by molar-refractivity contribution is 7.10. The first kappa shape index (κ1) is 16.7. The Kier molecular flexibility index (Phi) is 5.77. The van der Waals surface area contributed by atoms with Crippen molar-refractivity contribution in [3.63, 3.8) is 0 Å². The maximum atomic E-state index is 11.9. The van der Waals surface area contributed by atoms with Crippen LogP contribution in [-0.4, -0.2) is 19.6 Å². The average Bonchev–Trinajstić information content (AvgIpc) is 3.04. The molecule has 0 aliphatic heterocycles. The summed E-state index contributed by atoms with van der Waals surface area (Å²) in [5, 5.41) is 5.48. The van der Waals surface area contributed by atoms with Gasteiger partial charge in [-0.1, -0.05) is 29.8 Å². The fourth-order valence-electron chi connectivity index (χ4n) is 1.97. The first-order valence-electron chi connectivity index (χ1n) is 6.84. The summed E-state index contributed by atoms with van der Waals surface area (Å²) >= 11 is 7.61. The predicted octanol–water partition coefficient (Wildman–Crippen LogP) is 4.09. The van der Waals surface area contributed by atoms with E-state index in [1.54, 1.807) is 24.5 Å². The van der Waals surface area contributed by atoms with Crippen LogP contribution >= 0.6 is 22.9 Å². The van der Waals surface area contributed by atoms with Crippen LogP contribution in [0.15, 0.2) is 47.9 Å². The van der Waals surface area contributed by atoms with Crippen LogP contribution in [0.3, 0.4) is 0 Å². The zero-order valence-electron chi connectivity index (χ0n) is 12.5. The molecule has 2 rings (SSSR count). The number of amides is 1. The number of rotatable bonds is 6. The maximum Gasteiger partial charge on any atom is 0.244 e. The van der Waals surface area contributed by atoms with E-state index in [-0.39, 0.29) is 5.91 Å². The fraction of sp³-hybridized carbons (Fsp3) is 0.235. The van der Waals surface area contributed by atoms with Gasteiger partial charge in [-0.15, -0.1) is 11.3 Å². The van der Waals surface area contributed by atoms with Crippen LogP contribution in [0.4, 0.5) is 0 Å². The van der Waals surface area contributed by atoms with Crippen LogP contribution < -0.4 is 5.32 Å². The third-order valence-corrected chi connectivity index (χ3v) is 4.50. The van der Waals surface area contributed by atoms with Gasteiger partial charge in [0.2, 0.25) is 5.91 Å². The monoisotopic (exact) mass is 335 g/mol. The second-order valence-corrected chi connectivity index (χ2v) is 6.43. The van der Waals surface area contributed by atoms with Crippen LogP contribution in [0.25, 0.3) is 6.08 Å². The number of methoxy groups -OCH3 is 1. The Morgan fingerprint density at radius 3 is 2.86 bits per heavy atom. The molecule has 1 aromatic heterocycles. The first-order valence-corrected chi connectivity index (χ1v) is 8.10. The molecule has 1 N–H and O–H groups in total. The molecule has 5 heteroatoms. The van der Waals surface area contributed by atoms with Crippen molar-refractivity contribution in [2.45, 2.75) is 12.5 Å². The Bertz CT molecular complexity index is 654. The Morgan fingerprint density at radius 1 is 1.41 bits per heavy atom. The third kappa shape index (κ3) is 4.44. The van der Waals surface area contributed by atoms with Gasteiger partial charge in [-0.05, 0) is 42.1 Å². The van der Waals surface area contributed by atoms with E-state index in [0.717, 1.165) is 10.4 Å². The van der Waals surface area contributed by atoms with Crippen molar-refractivity contribution in [1.82, 2.24) is 5.32 Å². The van der Waals surface area contributed by atoms with Crippen molar-refractivity contribution in [2.24, 2.45) is 0 Å². The molecule has 0 radical (unpaired) electrons. The van der Waals surface area contributed by atoms with Gasteiger partial charge in [0, 0.05) is 23.1 Å². The number of hydrogen-bond acceptors (Lipinski definition) is 3. The molecule has 1 aromatic carbocycles. The van der Waals surface area contributed by atoms with E-state index in [1.807, 2.05) is 48.7 Å². The Balaban J connectivity index is 1.99. The van der Waals surface area contributed by atoms with Gasteiger partial charge in [0.1, 0.15) is 5.60 Å². The smallest absolute Gasteiger partial charge is 0.244 e. The van der Waals surface area contributed by atoms with Crippen molar-refractivity contribution >= 4 is 34.9 Å². The number of hydrogen-bond donors (Lipinski definition) is 1. The number of ether oxygens (including phenoxy) is 1. The Morgan fingerprint density at radius 2 is 2.23 bits per heavy atom. The number of nitrogens with one attached hydrogen (secondary N) is 1. The fourth-order valence-corrected chi connectivity index (χ4v) is 2.78. The zero-order chi connectivity index (χ0) is 16.0. The molecule has 0 bridgehead atoms. The molecular formula is C17H18ClNO2S. The van der Waals surface area contributed by atoms with Gasteiger partial charge in [-0.3, -0.25) is 4.79 Å². The van der Waals surface area contributed by atoms with Crippen molar-refractivity contribution in [1.29, 1.82) is 0 Å². The molecule has 116 valence electrons. The lowest BCUT2D eigenvalue weighted by atomic mass is 9.95. The molecule has 0 spiro atoms. The second kappa shape index (κ2) is 7.58. The second-order valence-electron chi connectivity index (χ2n) is 5.01. The maximum absolute atomic E-state index is 11.9. The van der Waals surface area contributed by atoms with E-state index >= 15 is 0 Å². The third-order valence-electron chi connectivity index (χ3n) is 3.43. The van der Waals surface area contributed by atoms with Crippen molar-refractivity contribution in [3.05, 3.63) is 63.3 Å². The topological polar surface area (TPSA) is 38.3 Å². The van der Waals surface area contributed by atoms with Crippen LogP contribution in [-0.2, 0) is 15.1 Å². The van der Waals surface area contributed by atoms with Gasteiger partial charge in [0.05, 0.1) is 6.54 Å². The molecule has 0 aliphatic rings. The molecule has 0 saturated heterocycles. The highest BCUT2D eigenvalue weighted by Gasteiger charge is 2.26. The SMILES string of the molecule is CO[C@@](C)(CNC(=O)/C=C/c1cccs1)c1cccc(Cl)c1. The molecule has 22 heavy (non-hydrogen) atoms. The molecular weight excluding hydrogens is 318 g/mol. The van der Waals surface area contributed by atoms with Crippen LogP contribution in [0.5, 0.6) is 0 Å². The highest BCUT2D eigenvalue weighted by Crippen LogP contribution is 2.26. The van der Waals surface area contributed by atoms with E-state index in [4.69, 9.17) is 16.3 Å². The highest BCUT2D eigenvalue weighted by atomic mass is 35.5. The van der Waals surface area contributed by atoms with Crippen molar-refractivity contribution in [2.75, 3.05) is 13.7 Å². The molecule has 0 aliphatic carbocycles. The number of benzene rings is 1. The molecule has 0 fully saturated rings. The van der Waals surface area contributed by atoms with Crippen molar-refractivity contribution in [3.8, 4) is 0 Å². The number of carbonyl (C=O) groups is 1. The minimum absolute atomic E-state index is 0.154. The van der Waals surface area contributed by atoms with Gasteiger partial charge in [-0.25, -0.2) is 0 Å². The lowest BCUT2D eigenvalue weighted by molar-refractivity contribution is -0.118. The Labute approximate surface area is 139 Å². The van der Waals surface area contributed by atoms with E-state index in [0.29, 0.717) is 11.6 Å². The van der Waals surface area contributed by atoms with E-state index in [9.17, 15) is 4.79 Å². The average molecular weight is 336 g/mol. The molecule has 1 amide bonds.